The zero-order valence-corrected chi connectivity index (χ0v) is 9.68. The van der Waals surface area contributed by atoms with Crippen LogP contribution in [0.1, 0.15) is 32.6 Å². The summed E-state index contributed by atoms with van der Waals surface area (Å²) < 4.78 is 35.7. The summed E-state index contributed by atoms with van der Waals surface area (Å²) in [6.45, 7) is 1.79. The molecule has 4 atom stereocenters. The number of alkyl halides is 3. The van der Waals surface area contributed by atoms with Crippen molar-refractivity contribution < 1.29 is 18.0 Å². The first-order chi connectivity index (χ1) is 7.85. The second kappa shape index (κ2) is 4.38. The van der Waals surface area contributed by atoms with Gasteiger partial charge in [0.05, 0.1) is 0 Å². The molecule has 0 aromatic carbocycles. The number of amides is 2. The maximum Gasteiger partial charge on any atom is 0.485 e. The van der Waals surface area contributed by atoms with Crippen molar-refractivity contribution in [3.05, 3.63) is 0 Å². The van der Waals surface area contributed by atoms with Gasteiger partial charge in [-0.3, -0.25) is 0 Å². The van der Waals surface area contributed by atoms with Crippen molar-refractivity contribution in [3.63, 3.8) is 0 Å². The summed E-state index contributed by atoms with van der Waals surface area (Å²) in [6.07, 6.45) is -0.0426. The van der Waals surface area contributed by atoms with Gasteiger partial charge in [0.2, 0.25) is 0 Å². The van der Waals surface area contributed by atoms with Crippen molar-refractivity contribution in [1.29, 1.82) is 0 Å². The largest absolute Gasteiger partial charge is 0.485 e. The summed E-state index contributed by atoms with van der Waals surface area (Å²) >= 11 is 0. The highest BCUT2D eigenvalue weighted by Gasteiger charge is 2.42. The molecule has 2 fully saturated rings. The van der Waals surface area contributed by atoms with E-state index in [4.69, 9.17) is 0 Å². The van der Waals surface area contributed by atoms with E-state index < -0.39 is 12.3 Å². The van der Waals surface area contributed by atoms with Crippen LogP contribution in [0.25, 0.3) is 0 Å². The van der Waals surface area contributed by atoms with E-state index in [0.717, 1.165) is 24.1 Å². The highest BCUT2D eigenvalue weighted by atomic mass is 19.4. The predicted octanol–water partition coefficient (Wildman–Crippen LogP) is 2.63. The first-order valence-electron chi connectivity index (χ1n) is 6.00. The molecule has 2 N–H and O–H groups in total. The molecule has 4 unspecified atom stereocenters. The zero-order chi connectivity index (χ0) is 12.6. The fourth-order valence-corrected chi connectivity index (χ4v) is 3.38. The summed E-state index contributed by atoms with van der Waals surface area (Å²) in [4.78, 5) is 11.1. The quantitative estimate of drug-likeness (QED) is 0.727. The fraction of sp³-hybridized carbons (Fsp3) is 0.909. The van der Waals surface area contributed by atoms with Crippen LogP contribution >= 0.6 is 0 Å². The van der Waals surface area contributed by atoms with Crippen LogP contribution in [0.3, 0.4) is 0 Å². The molecule has 2 aliphatic carbocycles. The van der Waals surface area contributed by atoms with E-state index in [-0.39, 0.29) is 6.04 Å². The molecule has 0 saturated heterocycles. The van der Waals surface area contributed by atoms with Crippen molar-refractivity contribution in [1.82, 2.24) is 10.6 Å². The maximum absolute atomic E-state index is 11.9. The highest BCUT2D eigenvalue weighted by molar-refractivity contribution is 5.74. The van der Waals surface area contributed by atoms with Gasteiger partial charge < -0.3 is 5.32 Å². The minimum absolute atomic E-state index is 0.187. The van der Waals surface area contributed by atoms with Gasteiger partial charge in [-0.15, -0.1) is 0 Å². The topological polar surface area (TPSA) is 41.1 Å². The van der Waals surface area contributed by atoms with Gasteiger partial charge in [-0.1, -0.05) is 6.42 Å². The lowest BCUT2D eigenvalue weighted by atomic mass is 9.84. The molecule has 2 amide bonds. The van der Waals surface area contributed by atoms with E-state index in [1.165, 1.54) is 12.8 Å². The normalized spacial score (nSPS) is 33.5. The molecule has 2 saturated carbocycles. The number of nitrogens with one attached hydrogen (secondary N) is 2. The SMILES string of the molecule is CC(NC(=O)NC(F)(F)F)C1CC2CCC1C2. The lowest BCUT2D eigenvalue weighted by Gasteiger charge is -2.28. The van der Waals surface area contributed by atoms with E-state index in [9.17, 15) is 18.0 Å². The minimum Gasteiger partial charge on any atom is -0.335 e. The third-order valence-electron chi connectivity index (χ3n) is 4.05. The van der Waals surface area contributed by atoms with Gasteiger partial charge >= 0.3 is 12.3 Å². The Kier molecular flexibility index (Phi) is 3.23. The predicted molar refractivity (Wildman–Crippen MR) is 56.1 cm³/mol. The van der Waals surface area contributed by atoms with Crippen LogP contribution in [0.2, 0.25) is 0 Å². The lowest BCUT2D eigenvalue weighted by Crippen LogP contribution is -2.49. The first kappa shape index (κ1) is 12.5. The van der Waals surface area contributed by atoms with E-state index in [1.807, 2.05) is 0 Å². The molecule has 0 aromatic rings. The van der Waals surface area contributed by atoms with Gasteiger partial charge in [0.25, 0.3) is 0 Å². The first-order valence-corrected chi connectivity index (χ1v) is 6.00. The molecule has 2 bridgehead atoms. The van der Waals surface area contributed by atoms with Crippen LogP contribution in [-0.2, 0) is 0 Å². The van der Waals surface area contributed by atoms with E-state index in [0.29, 0.717) is 11.8 Å². The van der Waals surface area contributed by atoms with Gasteiger partial charge in [0, 0.05) is 6.04 Å². The lowest BCUT2D eigenvalue weighted by molar-refractivity contribution is -0.145. The number of fused-ring (bicyclic) bond motifs is 2. The van der Waals surface area contributed by atoms with Gasteiger partial charge in [0.15, 0.2) is 0 Å². The van der Waals surface area contributed by atoms with E-state index in [1.54, 1.807) is 6.92 Å². The zero-order valence-electron chi connectivity index (χ0n) is 9.68. The number of urea groups is 1. The van der Waals surface area contributed by atoms with Crippen molar-refractivity contribution >= 4 is 6.03 Å². The summed E-state index contributed by atoms with van der Waals surface area (Å²) in [5.74, 6) is 1.65. The molecule has 98 valence electrons. The number of halogens is 3. The average Bonchev–Trinajstić information content (AvgIpc) is 2.74. The Labute approximate surface area is 98.1 Å². The van der Waals surface area contributed by atoms with Gasteiger partial charge in [-0.05, 0) is 43.9 Å². The van der Waals surface area contributed by atoms with Crippen LogP contribution in [-0.4, -0.2) is 18.4 Å². The highest BCUT2D eigenvalue weighted by Crippen LogP contribution is 2.49. The third kappa shape index (κ3) is 3.04. The smallest absolute Gasteiger partial charge is 0.335 e. The van der Waals surface area contributed by atoms with E-state index >= 15 is 0 Å². The molecule has 0 radical (unpaired) electrons. The van der Waals surface area contributed by atoms with Crippen LogP contribution in [0.15, 0.2) is 0 Å². The average molecular weight is 250 g/mol. The second-order valence-electron chi connectivity index (χ2n) is 5.22. The molecule has 0 spiro atoms. The van der Waals surface area contributed by atoms with E-state index in [2.05, 4.69) is 5.32 Å². The molecule has 0 aliphatic heterocycles. The molecule has 17 heavy (non-hydrogen) atoms. The number of carbonyl (C=O) groups is 1. The van der Waals surface area contributed by atoms with Gasteiger partial charge in [-0.2, -0.15) is 13.2 Å². The van der Waals surface area contributed by atoms with Crippen molar-refractivity contribution in [2.24, 2.45) is 17.8 Å². The Morgan fingerprint density at radius 1 is 1.29 bits per heavy atom. The standard InChI is InChI=1S/C11H17F3N2O/c1-6(15-10(17)16-11(12,13)14)9-5-7-2-3-8(9)4-7/h6-9H,2-5H2,1H3,(H2,15,16,17). The number of hydrogen-bond donors (Lipinski definition) is 2. The number of rotatable bonds is 2. The summed E-state index contributed by atoms with van der Waals surface area (Å²) in [6, 6.07) is -1.33. The molecule has 0 heterocycles. The monoisotopic (exact) mass is 250 g/mol. The van der Waals surface area contributed by atoms with Crippen LogP contribution < -0.4 is 10.6 Å². The number of carbonyl (C=O) groups excluding carboxylic acids is 1. The third-order valence-corrected chi connectivity index (χ3v) is 4.05. The number of hydrogen-bond acceptors (Lipinski definition) is 1. The van der Waals surface area contributed by atoms with Crippen molar-refractivity contribution in [2.75, 3.05) is 0 Å². The second-order valence-corrected chi connectivity index (χ2v) is 5.22. The van der Waals surface area contributed by atoms with Gasteiger partial charge in [0.1, 0.15) is 0 Å². The summed E-state index contributed by atoms with van der Waals surface area (Å²) in [5.41, 5.74) is 0. The minimum atomic E-state index is -4.65. The molecule has 6 heteroatoms. The van der Waals surface area contributed by atoms with Crippen LogP contribution in [0, 0.1) is 17.8 Å². The molecule has 2 aliphatic rings. The van der Waals surface area contributed by atoms with Crippen LogP contribution in [0.4, 0.5) is 18.0 Å². The van der Waals surface area contributed by atoms with Crippen molar-refractivity contribution in [2.45, 2.75) is 44.9 Å². The molecule has 2 rings (SSSR count). The Morgan fingerprint density at radius 3 is 2.47 bits per heavy atom. The maximum atomic E-state index is 11.9. The molecule has 3 nitrogen and oxygen atoms in total. The molecular formula is C11H17F3N2O. The summed E-state index contributed by atoms with van der Waals surface area (Å²) in [7, 11) is 0. The van der Waals surface area contributed by atoms with Crippen molar-refractivity contribution in [3.8, 4) is 0 Å². The van der Waals surface area contributed by atoms with Crippen LogP contribution in [0.5, 0.6) is 0 Å². The molecule has 0 aromatic heterocycles. The fourth-order valence-electron chi connectivity index (χ4n) is 3.38. The summed E-state index contributed by atoms with van der Waals surface area (Å²) in [5, 5.41) is 3.36. The Hall–Kier alpha value is -0.940. The Bertz CT molecular complexity index is 306. The Balaban J connectivity index is 1.81. The molecular weight excluding hydrogens is 233 g/mol. The van der Waals surface area contributed by atoms with Gasteiger partial charge in [-0.25, -0.2) is 10.1 Å². The Morgan fingerprint density at radius 2 is 2.00 bits per heavy atom.